The molecule has 4 nitrogen and oxygen atoms in total. The molecule has 1 N–H and O–H groups in total. The SMILES string of the molecule is O=C(Nc1ccc(N2CCOCC2)c(Cl)c1)C(c1ccccc1)c1ccccc1. The molecule has 0 unspecified atom stereocenters. The van der Waals surface area contributed by atoms with Gasteiger partial charge in [0.25, 0.3) is 0 Å². The molecule has 5 heteroatoms. The van der Waals surface area contributed by atoms with Crippen molar-refractivity contribution in [2.45, 2.75) is 5.92 Å². The summed E-state index contributed by atoms with van der Waals surface area (Å²) in [6, 6.07) is 25.3. The molecule has 3 aromatic carbocycles. The number of ether oxygens (including phenoxy) is 1. The molecule has 0 aliphatic carbocycles. The van der Waals surface area contributed by atoms with Crippen molar-refractivity contribution in [3.05, 3.63) is 95.0 Å². The molecule has 148 valence electrons. The number of morpholine rings is 1. The molecular formula is C24H23ClN2O2. The number of nitrogens with zero attached hydrogens (tertiary/aromatic N) is 1. The third-order valence-corrected chi connectivity index (χ3v) is 5.40. The summed E-state index contributed by atoms with van der Waals surface area (Å²) in [5.74, 6) is -0.479. The van der Waals surface area contributed by atoms with Crippen LogP contribution in [-0.2, 0) is 9.53 Å². The van der Waals surface area contributed by atoms with Crippen molar-refractivity contribution < 1.29 is 9.53 Å². The molecule has 0 radical (unpaired) electrons. The van der Waals surface area contributed by atoms with Crippen molar-refractivity contribution >= 4 is 28.9 Å². The Hall–Kier alpha value is -2.82. The van der Waals surface area contributed by atoms with Crippen LogP contribution in [0.2, 0.25) is 5.02 Å². The summed E-state index contributed by atoms with van der Waals surface area (Å²) in [5, 5.41) is 3.67. The Balaban J connectivity index is 1.57. The van der Waals surface area contributed by atoms with Crippen molar-refractivity contribution in [3.8, 4) is 0 Å². The van der Waals surface area contributed by atoms with Gasteiger partial charge in [-0.1, -0.05) is 72.3 Å². The molecule has 1 aliphatic rings. The number of benzene rings is 3. The van der Waals surface area contributed by atoms with E-state index in [-0.39, 0.29) is 5.91 Å². The molecule has 0 aromatic heterocycles. The number of amides is 1. The normalized spacial score (nSPS) is 14.1. The van der Waals surface area contributed by atoms with E-state index >= 15 is 0 Å². The highest BCUT2D eigenvalue weighted by Crippen LogP contribution is 2.31. The number of rotatable bonds is 5. The van der Waals surface area contributed by atoms with E-state index in [0.717, 1.165) is 29.9 Å². The fourth-order valence-electron chi connectivity index (χ4n) is 3.65. The van der Waals surface area contributed by atoms with Crippen molar-refractivity contribution in [3.63, 3.8) is 0 Å². The first kappa shape index (κ1) is 19.5. The quantitative estimate of drug-likeness (QED) is 0.652. The van der Waals surface area contributed by atoms with Crippen molar-refractivity contribution in [1.82, 2.24) is 0 Å². The standard InChI is InChI=1S/C24H23ClN2O2/c25-21-17-20(11-12-22(21)27-13-15-29-16-14-27)26-24(28)23(18-7-3-1-4-8-18)19-9-5-2-6-10-19/h1-12,17,23H,13-16H2,(H,26,28). The largest absolute Gasteiger partial charge is 0.378 e. The van der Waals surface area contributed by atoms with Crippen molar-refractivity contribution in [2.75, 3.05) is 36.5 Å². The molecule has 1 aliphatic heterocycles. The highest BCUT2D eigenvalue weighted by Gasteiger charge is 2.23. The maximum atomic E-state index is 13.2. The lowest BCUT2D eigenvalue weighted by molar-refractivity contribution is -0.116. The van der Waals surface area contributed by atoms with Crippen LogP contribution in [0.25, 0.3) is 0 Å². The number of carbonyl (C=O) groups excluding carboxylic acids is 1. The summed E-state index contributed by atoms with van der Waals surface area (Å²) in [4.78, 5) is 15.4. The number of hydrogen-bond acceptors (Lipinski definition) is 3. The van der Waals surface area contributed by atoms with Crippen LogP contribution in [0, 0.1) is 0 Å². The van der Waals surface area contributed by atoms with E-state index in [1.54, 1.807) is 0 Å². The van der Waals surface area contributed by atoms with Crippen LogP contribution in [0.1, 0.15) is 17.0 Å². The second-order valence-electron chi connectivity index (χ2n) is 7.01. The third kappa shape index (κ3) is 4.61. The van der Waals surface area contributed by atoms with E-state index in [4.69, 9.17) is 16.3 Å². The van der Waals surface area contributed by atoms with E-state index < -0.39 is 5.92 Å². The highest BCUT2D eigenvalue weighted by molar-refractivity contribution is 6.33. The van der Waals surface area contributed by atoms with Gasteiger partial charge < -0.3 is 15.0 Å². The number of hydrogen-bond donors (Lipinski definition) is 1. The summed E-state index contributed by atoms with van der Waals surface area (Å²) in [6.45, 7) is 3.03. The topological polar surface area (TPSA) is 41.6 Å². The van der Waals surface area contributed by atoms with Gasteiger partial charge in [-0.3, -0.25) is 4.79 Å². The zero-order chi connectivity index (χ0) is 20.1. The summed E-state index contributed by atoms with van der Waals surface area (Å²) in [7, 11) is 0. The van der Waals surface area contributed by atoms with E-state index in [9.17, 15) is 4.79 Å². The van der Waals surface area contributed by atoms with Gasteiger partial charge in [0.15, 0.2) is 0 Å². The maximum absolute atomic E-state index is 13.2. The minimum atomic E-state index is -0.393. The van der Waals surface area contributed by atoms with Crippen LogP contribution in [-0.4, -0.2) is 32.2 Å². The molecule has 4 rings (SSSR count). The first-order valence-corrected chi connectivity index (χ1v) is 10.1. The first-order chi connectivity index (χ1) is 14.2. The van der Waals surface area contributed by atoms with Gasteiger partial charge in [0.1, 0.15) is 0 Å². The lowest BCUT2D eigenvalue weighted by Gasteiger charge is -2.29. The Morgan fingerprint density at radius 3 is 2.03 bits per heavy atom. The molecule has 1 fully saturated rings. The van der Waals surface area contributed by atoms with Gasteiger partial charge in [-0.2, -0.15) is 0 Å². The highest BCUT2D eigenvalue weighted by atomic mass is 35.5. The summed E-state index contributed by atoms with van der Waals surface area (Å²) in [6.07, 6.45) is 0. The van der Waals surface area contributed by atoms with Gasteiger partial charge in [-0.25, -0.2) is 0 Å². The minimum Gasteiger partial charge on any atom is -0.378 e. The lowest BCUT2D eigenvalue weighted by Crippen LogP contribution is -2.36. The molecule has 0 bridgehead atoms. The van der Waals surface area contributed by atoms with Crippen molar-refractivity contribution in [2.24, 2.45) is 0 Å². The van der Waals surface area contributed by atoms with Gasteiger partial charge in [0, 0.05) is 18.8 Å². The number of carbonyl (C=O) groups is 1. The molecule has 3 aromatic rings. The average Bonchev–Trinajstić information content (AvgIpc) is 2.76. The van der Waals surface area contributed by atoms with Crippen LogP contribution < -0.4 is 10.2 Å². The summed E-state index contributed by atoms with van der Waals surface area (Å²) in [5.41, 5.74) is 3.56. The van der Waals surface area contributed by atoms with E-state index in [0.29, 0.717) is 23.9 Å². The Bertz CT molecular complexity index is 918. The predicted octanol–water partition coefficient (Wildman–Crippen LogP) is 4.95. The monoisotopic (exact) mass is 406 g/mol. The molecular weight excluding hydrogens is 384 g/mol. The Kier molecular flexibility index (Phi) is 6.13. The van der Waals surface area contributed by atoms with E-state index in [1.807, 2.05) is 78.9 Å². The Morgan fingerprint density at radius 1 is 0.897 bits per heavy atom. The summed E-state index contributed by atoms with van der Waals surface area (Å²) >= 11 is 6.53. The molecule has 1 saturated heterocycles. The van der Waals surface area contributed by atoms with Crippen LogP contribution >= 0.6 is 11.6 Å². The van der Waals surface area contributed by atoms with Gasteiger partial charge in [-0.05, 0) is 29.3 Å². The Morgan fingerprint density at radius 2 is 1.48 bits per heavy atom. The van der Waals surface area contributed by atoms with Crippen LogP contribution in [0.4, 0.5) is 11.4 Å². The number of halogens is 1. The zero-order valence-corrected chi connectivity index (χ0v) is 16.8. The van der Waals surface area contributed by atoms with Crippen LogP contribution in [0.3, 0.4) is 0 Å². The lowest BCUT2D eigenvalue weighted by atomic mass is 9.90. The zero-order valence-electron chi connectivity index (χ0n) is 16.1. The van der Waals surface area contributed by atoms with Gasteiger partial charge in [0.2, 0.25) is 5.91 Å². The fraction of sp³-hybridized carbons (Fsp3) is 0.208. The molecule has 0 spiro atoms. The molecule has 0 atom stereocenters. The molecule has 1 amide bonds. The maximum Gasteiger partial charge on any atom is 0.236 e. The third-order valence-electron chi connectivity index (χ3n) is 5.09. The van der Waals surface area contributed by atoms with E-state index in [1.165, 1.54) is 0 Å². The second kappa shape index (κ2) is 9.12. The fourth-order valence-corrected chi connectivity index (χ4v) is 3.95. The van der Waals surface area contributed by atoms with Crippen LogP contribution in [0.5, 0.6) is 0 Å². The molecule has 1 heterocycles. The summed E-state index contributed by atoms with van der Waals surface area (Å²) < 4.78 is 5.41. The smallest absolute Gasteiger partial charge is 0.236 e. The van der Waals surface area contributed by atoms with Gasteiger partial charge >= 0.3 is 0 Å². The predicted molar refractivity (Wildman–Crippen MR) is 118 cm³/mol. The number of nitrogens with one attached hydrogen (secondary N) is 1. The Labute approximate surface area is 176 Å². The molecule has 29 heavy (non-hydrogen) atoms. The van der Waals surface area contributed by atoms with Crippen LogP contribution in [0.15, 0.2) is 78.9 Å². The van der Waals surface area contributed by atoms with E-state index in [2.05, 4.69) is 10.2 Å². The van der Waals surface area contributed by atoms with Gasteiger partial charge in [0.05, 0.1) is 29.8 Å². The van der Waals surface area contributed by atoms with Gasteiger partial charge in [-0.15, -0.1) is 0 Å². The second-order valence-corrected chi connectivity index (χ2v) is 7.42. The van der Waals surface area contributed by atoms with Crippen molar-refractivity contribution in [1.29, 1.82) is 0 Å². The minimum absolute atomic E-state index is 0.0856. The molecule has 0 saturated carbocycles. The average molecular weight is 407 g/mol. The first-order valence-electron chi connectivity index (χ1n) is 9.75. The number of anilines is 2.